The quantitative estimate of drug-likeness (QED) is 0.782. The minimum Gasteiger partial charge on any atom is -0.508 e. The van der Waals surface area contributed by atoms with E-state index in [1.54, 1.807) is 18.5 Å². The van der Waals surface area contributed by atoms with E-state index in [1.807, 2.05) is 24.3 Å². The minimum atomic E-state index is -0.0875. The van der Waals surface area contributed by atoms with Crippen LogP contribution in [0.5, 0.6) is 5.75 Å². The molecular formula is C17H19N3O. The van der Waals surface area contributed by atoms with Crippen LogP contribution in [0.25, 0.3) is 11.0 Å². The number of rotatable bonds is 2. The maximum absolute atomic E-state index is 9.99. The van der Waals surface area contributed by atoms with Gasteiger partial charge in [0.05, 0.1) is 11.7 Å². The number of hydrogen-bond donors (Lipinski definition) is 1. The molecular weight excluding hydrogens is 262 g/mol. The van der Waals surface area contributed by atoms with Gasteiger partial charge in [0, 0.05) is 23.7 Å². The van der Waals surface area contributed by atoms with Crippen LogP contribution in [0.3, 0.4) is 0 Å². The van der Waals surface area contributed by atoms with Gasteiger partial charge in [-0.2, -0.15) is 0 Å². The van der Waals surface area contributed by atoms with E-state index < -0.39 is 0 Å². The van der Waals surface area contributed by atoms with Crippen LogP contribution >= 0.6 is 0 Å². The van der Waals surface area contributed by atoms with Gasteiger partial charge in [-0.25, -0.2) is 4.98 Å². The maximum atomic E-state index is 9.99. The van der Waals surface area contributed by atoms with E-state index in [0.717, 1.165) is 22.4 Å². The van der Waals surface area contributed by atoms with Crippen LogP contribution in [0.15, 0.2) is 42.7 Å². The normalized spacial score (nSPS) is 12.0. The third kappa shape index (κ3) is 2.49. The van der Waals surface area contributed by atoms with E-state index in [4.69, 9.17) is 4.98 Å². The molecule has 2 aromatic heterocycles. The minimum absolute atomic E-state index is 0.0875. The number of hydrogen-bond acceptors (Lipinski definition) is 3. The molecule has 4 nitrogen and oxygen atoms in total. The fourth-order valence-electron chi connectivity index (χ4n) is 2.68. The molecule has 1 aromatic carbocycles. The lowest BCUT2D eigenvalue weighted by Gasteiger charge is -2.24. The topological polar surface area (TPSA) is 50.9 Å². The molecule has 0 spiro atoms. The Balaban J connectivity index is 2.16. The molecule has 108 valence electrons. The van der Waals surface area contributed by atoms with Crippen molar-refractivity contribution in [1.82, 2.24) is 14.5 Å². The van der Waals surface area contributed by atoms with Gasteiger partial charge >= 0.3 is 0 Å². The van der Waals surface area contributed by atoms with Crippen LogP contribution in [0, 0.1) is 0 Å². The Morgan fingerprint density at radius 1 is 1.14 bits per heavy atom. The number of fused-ring (bicyclic) bond motifs is 1. The first-order valence-electron chi connectivity index (χ1n) is 7.05. The van der Waals surface area contributed by atoms with E-state index in [0.29, 0.717) is 12.2 Å². The van der Waals surface area contributed by atoms with Crippen molar-refractivity contribution in [2.24, 2.45) is 0 Å². The number of imidazole rings is 1. The van der Waals surface area contributed by atoms with Crippen molar-refractivity contribution < 1.29 is 5.11 Å². The third-order valence-corrected chi connectivity index (χ3v) is 3.54. The van der Waals surface area contributed by atoms with Crippen molar-refractivity contribution in [3.63, 3.8) is 0 Å². The molecule has 0 saturated carbocycles. The van der Waals surface area contributed by atoms with Crippen molar-refractivity contribution in [1.29, 1.82) is 0 Å². The third-order valence-electron chi connectivity index (χ3n) is 3.54. The zero-order valence-electron chi connectivity index (χ0n) is 12.5. The van der Waals surface area contributed by atoms with Gasteiger partial charge in [0.15, 0.2) is 0 Å². The number of phenols is 1. The lowest BCUT2D eigenvalue weighted by Crippen LogP contribution is -2.24. The maximum Gasteiger partial charge on any atom is 0.119 e. The Labute approximate surface area is 124 Å². The van der Waals surface area contributed by atoms with Gasteiger partial charge in [-0.3, -0.25) is 4.98 Å². The van der Waals surface area contributed by atoms with Crippen molar-refractivity contribution in [3.8, 4) is 5.75 Å². The number of nitrogens with zero attached hydrogens (tertiary/aromatic N) is 3. The molecule has 0 unspecified atom stereocenters. The van der Waals surface area contributed by atoms with E-state index in [1.165, 1.54) is 0 Å². The van der Waals surface area contributed by atoms with Crippen molar-refractivity contribution in [2.45, 2.75) is 32.7 Å². The molecule has 3 aromatic rings. The second kappa shape index (κ2) is 4.88. The summed E-state index contributed by atoms with van der Waals surface area (Å²) in [6, 6.07) is 9.39. The highest BCUT2D eigenvalue weighted by molar-refractivity contribution is 5.75. The van der Waals surface area contributed by atoms with Gasteiger partial charge in [0.25, 0.3) is 0 Å². The molecule has 0 radical (unpaired) electrons. The molecule has 0 amide bonds. The van der Waals surface area contributed by atoms with Crippen LogP contribution in [-0.2, 0) is 12.0 Å². The van der Waals surface area contributed by atoms with E-state index in [9.17, 15) is 5.11 Å². The van der Waals surface area contributed by atoms with Gasteiger partial charge in [-0.05, 0) is 32.9 Å². The van der Waals surface area contributed by atoms with Crippen LogP contribution in [0.4, 0.5) is 0 Å². The molecule has 0 aliphatic heterocycles. The molecule has 0 fully saturated rings. The Bertz CT molecular complexity index is 784. The molecule has 21 heavy (non-hydrogen) atoms. The van der Waals surface area contributed by atoms with Gasteiger partial charge in [-0.1, -0.05) is 18.2 Å². The van der Waals surface area contributed by atoms with E-state index in [-0.39, 0.29) is 5.54 Å². The summed E-state index contributed by atoms with van der Waals surface area (Å²) >= 11 is 0. The summed E-state index contributed by atoms with van der Waals surface area (Å²) in [5.74, 6) is 1.25. The number of phenolic OH excluding ortho intramolecular Hbond substituents is 1. The highest BCUT2D eigenvalue weighted by atomic mass is 16.3. The molecule has 0 saturated heterocycles. The summed E-state index contributed by atoms with van der Waals surface area (Å²) in [5.41, 5.74) is 2.75. The molecule has 3 rings (SSSR count). The van der Waals surface area contributed by atoms with Gasteiger partial charge in [0.2, 0.25) is 0 Å². The summed E-state index contributed by atoms with van der Waals surface area (Å²) in [5, 5.41) is 9.99. The second-order valence-corrected chi connectivity index (χ2v) is 6.20. The molecule has 0 bridgehead atoms. The number of aromatic nitrogens is 3. The van der Waals surface area contributed by atoms with Gasteiger partial charge < -0.3 is 9.67 Å². The van der Waals surface area contributed by atoms with E-state index >= 15 is 0 Å². The van der Waals surface area contributed by atoms with Crippen LogP contribution in [-0.4, -0.2) is 19.6 Å². The molecule has 0 aliphatic rings. The first kappa shape index (κ1) is 13.6. The Kier molecular flexibility index (Phi) is 3.16. The predicted molar refractivity (Wildman–Crippen MR) is 83.4 cm³/mol. The average Bonchev–Trinajstić information content (AvgIpc) is 2.79. The molecule has 1 N–H and O–H groups in total. The summed E-state index contributed by atoms with van der Waals surface area (Å²) in [6.07, 6.45) is 4.17. The lowest BCUT2D eigenvalue weighted by molar-refractivity contribution is 0.395. The zero-order chi connectivity index (χ0) is 15.0. The standard InChI is InChI=1S/C17H19N3O/c1-17(2,3)20-14-8-9-18-11-13(14)19-16(20)10-12-6-4-5-7-15(12)21/h4-9,11,21H,10H2,1-3H3. The largest absolute Gasteiger partial charge is 0.508 e. The van der Waals surface area contributed by atoms with Crippen LogP contribution < -0.4 is 0 Å². The number of para-hydroxylation sites is 1. The van der Waals surface area contributed by atoms with Crippen LogP contribution in [0.1, 0.15) is 32.2 Å². The Morgan fingerprint density at radius 3 is 2.62 bits per heavy atom. The average molecular weight is 281 g/mol. The fourth-order valence-corrected chi connectivity index (χ4v) is 2.68. The fraction of sp³-hybridized carbons (Fsp3) is 0.294. The zero-order valence-corrected chi connectivity index (χ0v) is 12.5. The highest BCUT2D eigenvalue weighted by Crippen LogP contribution is 2.27. The SMILES string of the molecule is CC(C)(C)n1c(Cc2ccccc2O)nc2cnccc21. The van der Waals surface area contributed by atoms with Gasteiger partial charge in [0.1, 0.15) is 17.1 Å². The number of pyridine rings is 1. The predicted octanol–water partition coefficient (Wildman–Crippen LogP) is 3.48. The summed E-state index contributed by atoms with van der Waals surface area (Å²) in [4.78, 5) is 8.85. The number of benzene rings is 1. The smallest absolute Gasteiger partial charge is 0.119 e. The first-order valence-corrected chi connectivity index (χ1v) is 7.05. The van der Waals surface area contributed by atoms with Crippen molar-refractivity contribution in [2.75, 3.05) is 0 Å². The molecule has 4 heteroatoms. The van der Waals surface area contributed by atoms with E-state index in [2.05, 4.69) is 30.3 Å². The molecule has 0 aliphatic carbocycles. The number of aromatic hydroxyl groups is 1. The van der Waals surface area contributed by atoms with Crippen LogP contribution in [0.2, 0.25) is 0 Å². The Morgan fingerprint density at radius 2 is 1.90 bits per heavy atom. The van der Waals surface area contributed by atoms with Crippen molar-refractivity contribution in [3.05, 3.63) is 54.1 Å². The van der Waals surface area contributed by atoms with Gasteiger partial charge in [-0.15, -0.1) is 0 Å². The molecule has 2 heterocycles. The summed E-state index contributed by atoms with van der Waals surface area (Å²) < 4.78 is 2.22. The summed E-state index contributed by atoms with van der Waals surface area (Å²) in [6.45, 7) is 6.47. The first-order chi connectivity index (χ1) is 9.97. The second-order valence-electron chi connectivity index (χ2n) is 6.20. The molecule has 0 atom stereocenters. The highest BCUT2D eigenvalue weighted by Gasteiger charge is 2.22. The van der Waals surface area contributed by atoms with Crippen molar-refractivity contribution >= 4 is 11.0 Å². The monoisotopic (exact) mass is 281 g/mol. The Hall–Kier alpha value is -2.36. The lowest BCUT2D eigenvalue weighted by atomic mass is 10.1. The summed E-state index contributed by atoms with van der Waals surface area (Å²) in [7, 11) is 0.